The van der Waals surface area contributed by atoms with Gasteiger partial charge in [0.2, 0.25) is 0 Å². The highest BCUT2D eigenvalue weighted by Gasteiger charge is 2.26. The second-order valence-electron chi connectivity index (χ2n) is 6.86. The Morgan fingerprint density at radius 2 is 2.16 bits per heavy atom. The molecule has 3 heterocycles. The third-order valence-corrected chi connectivity index (χ3v) is 4.93. The molecule has 0 bridgehead atoms. The number of benzene rings is 1. The highest BCUT2D eigenvalue weighted by atomic mass is 16.1. The summed E-state index contributed by atoms with van der Waals surface area (Å²) in [5.41, 5.74) is 4.00. The van der Waals surface area contributed by atoms with Crippen LogP contribution in [-0.4, -0.2) is 40.1 Å². The Morgan fingerprint density at radius 1 is 1.28 bits per heavy atom. The van der Waals surface area contributed by atoms with E-state index >= 15 is 0 Å². The number of aromatic nitrogens is 3. The molecule has 0 amide bonds. The molecule has 0 saturated carbocycles. The van der Waals surface area contributed by atoms with E-state index < -0.39 is 0 Å². The van der Waals surface area contributed by atoms with Crippen molar-refractivity contribution in [1.29, 1.82) is 0 Å². The summed E-state index contributed by atoms with van der Waals surface area (Å²) in [4.78, 5) is 21.3. The van der Waals surface area contributed by atoms with Crippen LogP contribution in [-0.2, 0) is 6.54 Å². The molecular formula is C19H23N5O. The molecule has 6 nitrogen and oxygen atoms in total. The molecule has 3 aromatic rings. The Kier molecular flexibility index (Phi) is 4.05. The second-order valence-corrected chi connectivity index (χ2v) is 6.86. The quantitative estimate of drug-likeness (QED) is 0.794. The number of H-pyrrole nitrogens is 1. The monoisotopic (exact) mass is 337 g/mol. The molecule has 1 N–H and O–H groups in total. The van der Waals surface area contributed by atoms with Crippen LogP contribution in [0.3, 0.4) is 0 Å². The largest absolute Gasteiger partial charge is 0.378 e. The normalized spacial score (nSPS) is 18.1. The molecule has 130 valence electrons. The SMILES string of the molecule is CN(C)c1cccc([C@@H]2CCCN2Cc2cc(=O)n3[nH]ccc3n2)c1. The fourth-order valence-electron chi connectivity index (χ4n) is 3.67. The Hall–Kier alpha value is -2.60. The maximum atomic E-state index is 12.2. The molecule has 0 unspecified atom stereocenters. The predicted octanol–water partition coefficient (Wildman–Crippen LogP) is 2.43. The molecule has 4 rings (SSSR count). The van der Waals surface area contributed by atoms with E-state index in [1.165, 1.54) is 22.2 Å². The van der Waals surface area contributed by atoms with Crippen LogP contribution in [0.25, 0.3) is 5.65 Å². The first-order chi connectivity index (χ1) is 12.1. The number of anilines is 1. The molecular weight excluding hydrogens is 314 g/mol. The van der Waals surface area contributed by atoms with Crippen LogP contribution >= 0.6 is 0 Å². The molecule has 0 radical (unpaired) electrons. The van der Waals surface area contributed by atoms with E-state index in [1.807, 2.05) is 6.07 Å². The van der Waals surface area contributed by atoms with Crippen molar-refractivity contribution >= 4 is 11.3 Å². The summed E-state index contributed by atoms with van der Waals surface area (Å²) in [5.74, 6) is 0. The van der Waals surface area contributed by atoms with E-state index in [0.717, 1.165) is 18.7 Å². The van der Waals surface area contributed by atoms with Gasteiger partial charge in [-0.2, -0.15) is 0 Å². The van der Waals surface area contributed by atoms with Crippen molar-refractivity contribution in [3.05, 3.63) is 64.2 Å². The van der Waals surface area contributed by atoms with Gasteiger partial charge in [-0.1, -0.05) is 12.1 Å². The number of likely N-dealkylation sites (tertiary alicyclic amines) is 1. The summed E-state index contributed by atoms with van der Waals surface area (Å²) in [5, 5.41) is 2.88. The topological polar surface area (TPSA) is 56.6 Å². The first-order valence-corrected chi connectivity index (χ1v) is 8.69. The minimum Gasteiger partial charge on any atom is -0.378 e. The molecule has 1 aliphatic heterocycles. The molecule has 2 aromatic heterocycles. The fraction of sp³-hybridized carbons (Fsp3) is 0.368. The van der Waals surface area contributed by atoms with Gasteiger partial charge in [-0.25, -0.2) is 9.50 Å². The summed E-state index contributed by atoms with van der Waals surface area (Å²) < 4.78 is 1.46. The molecule has 1 aromatic carbocycles. The van der Waals surface area contributed by atoms with E-state index in [-0.39, 0.29) is 5.56 Å². The average Bonchev–Trinajstić information content (AvgIpc) is 3.24. The number of aromatic amines is 1. The van der Waals surface area contributed by atoms with Crippen molar-refractivity contribution in [3.63, 3.8) is 0 Å². The van der Waals surface area contributed by atoms with E-state index in [4.69, 9.17) is 0 Å². The predicted molar refractivity (Wildman–Crippen MR) is 99.0 cm³/mol. The lowest BCUT2D eigenvalue weighted by Crippen LogP contribution is -2.25. The highest BCUT2D eigenvalue weighted by Crippen LogP contribution is 2.34. The van der Waals surface area contributed by atoms with Crippen LogP contribution in [0.15, 0.2) is 47.4 Å². The van der Waals surface area contributed by atoms with Gasteiger partial charge >= 0.3 is 0 Å². The minimum atomic E-state index is -0.0599. The van der Waals surface area contributed by atoms with Crippen molar-refractivity contribution in [3.8, 4) is 0 Å². The Balaban J connectivity index is 1.61. The molecule has 1 atom stereocenters. The first kappa shape index (κ1) is 15.9. The van der Waals surface area contributed by atoms with Gasteiger partial charge in [0.15, 0.2) is 5.65 Å². The van der Waals surface area contributed by atoms with Gasteiger partial charge in [0, 0.05) is 50.7 Å². The van der Waals surface area contributed by atoms with Crippen molar-refractivity contribution < 1.29 is 0 Å². The highest BCUT2D eigenvalue weighted by molar-refractivity contribution is 5.48. The number of fused-ring (bicyclic) bond motifs is 1. The number of nitrogens with one attached hydrogen (secondary N) is 1. The molecule has 1 fully saturated rings. The first-order valence-electron chi connectivity index (χ1n) is 8.69. The van der Waals surface area contributed by atoms with E-state index in [1.54, 1.807) is 12.3 Å². The van der Waals surface area contributed by atoms with Crippen LogP contribution in [0.5, 0.6) is 0 Å². The summed E-state index contributed by atoms with van der Waals surface area (Å²) >= 11 is 0. The summed E-state index contributed by atoms with van der Waals surface area (Å²) in [6.07, 6.45) is 4.05. The zero-order chi connectivity index (χ0) is 17.4. The lowest BCUT2D eigenvalue weighted by molar-refractivity contribution is 0.245. The third-order valence-electron chi connectivity index (χ3n) is 4.93. The summed E-state index contributed by atoms with van der Waals surface area (Å²) in [7, 11) is 4.13. The maximum Gasteiger partial charge on any atom is 0.272 e. The van der Waals surface area contributed by atoms with Gasteiger partial charge in [0.05, 0.1) is 5.69 Å². The molecule has 6 heteroatoms. The smallest absolute Gasteiger partial charge is 0.272 e. The number of hydrogen-bond donors (Lipinski definition) is 1. The van der Waals surface area contributed by atoms with Crippen molar-refractivity contribution in [2.75, 3.05) is 25.5 Å². The van der Waals surface area contributed by atoms with Crippen LogP contribution < -0.4 is 10.5 Å². The lowest BCUT2D eigenvalue weighted by atomic mass is 10.0. The van der Waals surface area contributed by atoms with Gasteiger partial charge in [-0.3, -0.25) is 14.8 Å². The zero-order valence-corrected chi connectivity index (χ0v) is 14.6. The molecule has 1 saturated heterocycles. The standard InChI is InChI=1S/C19H23N5O/c1-22(2)16-6-3-5-14(11-16)17-7-4-10-23(17)13-15-12-19(25)24-18(21-15)8-9-20-24/h3,5-6,8-9,11-12,17,20H,4,7,10,13H2,1-2H3/t17-/m0/s1. The lowest BCUT2D eigenvalue weighted by Gasteiger charge is -2.25. The molecule has 0 spiro atoms. The van der Waals surface area contributed by atoms with Crippen LogP contribution in [0, 0.1) is 0 Å². The van der Waals surface area contributed by atoms with Gasteiger partial charge in [-0.15, -0.1) is 0 Å². The van der Waals surface area contributed by atoms with Crippen LogP contribution in [0.1, 0.15) is 30.1 Å². The van der Waals surface area contributed by atoms with E-state index in [2.05, 4.69) is 58.2 Å². The maximum absolute atomic E-state index is 12.2. The minimum absolute atomic E-state index is 0.0599. The van der Waals surface area contributed by atoms with Gasteiger partial charge in [0.1, 0.15) is 0 Å². The van der Waals surface area contributed by atoms with E-state index in [9.17, 15) is 4.79 Å². The van der Waals surface area contributed by atoms with Crippen molar-refractivity contribution in [2.24, 2.45) is 0 Å². The Bertz CT molecular complexity index is 942. The van der Waals surface area contributed by atoms with Gasteiger partial charge < -0.3 is 4.90 Å². The number of hydrogen-bond acceptors (Lipinski definition) is 4. The Labute approximate surface area is 146 Å². The van der Waals surface area contributed by atoms with Crippen molar-refractivity contribution in [1.82, 2.24) is 19.5 Å². The van der Waals surface area contributed by atoms with Gasteiger partial charge in [0.25, 0.3) is 5.56 Å². The summed E-state index contributed by atoms with van der Waals surface area (Å²) in [6.45, 7) is 1.73. The van der Waals surface area contributed by atoms with Gasteiger partial charge in [-0.05, 0) is 37.1 Å². The molecule has 0 aliphatic carbocycles. The summed E-state index contributed by atoms with van der Waals surface area (Å²) in [6, 6.07) is 12.6. The second kappa shape index (κ2) is 6.37. The number of rotatable bonds is 4. The zero-order valence-electron chi connectivity index (χ0n) is 14.6. The average molecular weight is 337 g/mol. The number of nitrogens with zero attached hydrogens (tertiary/aromatic N) is 4. The van der Waals surface area contributed by atoms with Crippen LogP contribution in [0.2, 0.25) is 0 Å². The van der Waals surface area contributed by atoms with E-state index in [0.29, 0.717) is 18.2 Å². The molecule has 1 aliphatic rings. The van der Waals surface area contributed by atoms with Crippen molar-refractivity contribution in [2.45, 2.75) is 25.4 Å². The molecule has 25 heavy (non-hydrogen) atoms. The third kappa shape index (κ3) is 3.05. The Morgan fingerprint density at radius 3 is 3.00 bits per heavy atom. The van der Waals surface area contributed by atoms with Crippen LogP contribution in [0.4, 0.5) is 5.69 Å². The fourth-order valence-corrected chi connectivity index (χ4v) is 3.67.